The van der Waals surface area contributed by atoms with E-state index in [1.54, 1.807) is 24.5 Å². The Morgan fingerprint density at radius 2 is 1.76 bits per heavy atom. The van der Waals surface area contributed by atoms with E-state index in [-0.39, 0.29) is 0 Å². The average molecular weight is 226 g/mol. The van der Waals surface area contributed by atoms with E-state index in [9.17, 15) is 0 Å². The minimum absolute atomic E-state index is 0.720. The number of aryl methyl sites for hydroxylation is 1. The van der Waals surface area contributed by atoms with Gasteiger partial charge in [0.15, 0.2) is 12.4 Å². The van der Waals surface area contributed by atoms with Crippen LogP contribution in [0.25, 0.3) is 0 Å². The lowest BCUT2D eigenvalue weighted by molar-refractivity contribution is 1.27. The van der Waals surface area contributed by atoms with Crippen LogP contribution in [0.1, 0.15) is 5.56 Å². The Morgan fingerprint density at radius 3 is 2.35 bits per heavy atom. The van der Waals surface area contributed by atoms with E-state index in [0.29, 0.717) is 0 Å². The van der Waals surface area contributed by atoms with Crippen molar-refractivity contribution in [3.63, 3.8) is 0 Å². The number of rotatable bonds is 4. The predicted molar refractivity (Wildman–Crippen MR) is 65.0 cm³/mol. The number of nitrogens with zero attached hydrogens (tertiary/aromatic N) is 4. The molecule has 0 aliphatic rings. The average Bonchev–Trinajstić information content (AvgIpc) is 2.32. The number of aliphatic imine (C=N–C) groups is 2. The Morgan fingerprint density at radius 1 is 1.12 bits per heavy atom. The van der Waals surface area contributed by atoms with Gasteiger partial charge < -0.3 is 0 Å². The molecule has 6 nitrogen and oxygen atoms in total. The van der Waals surface area contributed by atoms with E-state index in [1.807, 2.05) is 13.0 Å². The van der Waals surface area contributed by atoms with Crippen molar-refractivity contribution in [1.29, 1.82) is 10.5 Å². The van der Waals surface area contributed by atoms with E-state index in [1.165, 1.54) is 12.7 Å². The second-order valence-corrected chi connectivity index (χ2v) is 3.00. The molecule has 0 bridgehead atoms. The summed E-state index contributed by atoms with van der Waals surface area (Å²) in [4.78, 5) is 8.07. The summed E-state index contributed by atoms with van der Waals surface area (Å²) in [5.74, 6) is 0. The Bertz CT molecular complexity index is 518. The number of nitrogens with one attached hydrogen (secondary N) is 2. The number of nitriles is 2. The highest BCUT2D eigenvalue weighted by atomic mass is 14.9. The van der Waals surface area contributed by atoms with E-state index in [0.717, 1.165) is 16.9 Å². The molecule has 0 radical (unpaired) electrons. The second-order valence-electron chi connectivity index (χ2n) is 3.00. The fraction of sp³-hybridized carbons (Fsp3) is 0.0909. The van der Waals surface area contributed by atoms with Crippen LogP contribution in [0.15, 0.2) is 28.2 Å². The third-order valence-corrected chi connectivity index (χ3v) is 1.86. The first-order chi connectivity index (χ1) is 8.27. The van der Waals surface area contributed by atoms with Crippen LogP contribution in [0, 0.1) is 29.8 Å². The fourth-order valence-corrected chi connectivity index (χ4v) is 1.13. The van der Waals surface area contributed by atoms with E-state index in [2.05, 4.69) is 20.6 Å². The maximum Gasteiger partial charge on any atom is 0.182 e. The molecule has 0 aliphatic heterocycles. The molecule has 0 aromatic heterocycles. The molecule has 0 aliphatic carbocycles. The predicted octanol–water partition coefficient (Wildman–Crippen LogP) is 1.46. The summed E-state index contributed by atoms with van der Waals surface area (Å²) in [6, 6.07) is 5.38. The molecule has 0 fully saturated rings. The van der Waals surface area contributed by atoms with E-state index >= 15 is 0 Å². The van der Waals surface area contributed by atoms with Gasteiger partial charge in [-0.2, -0.15) is 10.5 Å². The number of hydrogen-bond acceptors (Lipinski definition) is 4. The third-order valence-electron chi connectivity index (χ3n) is 1.86. The van der Waals surface area contributed by atoms with Gasteiger partial charge in [0.2, 0.25) is 0 Å². The van der Waals surface area contributed by atoms with Crippen molar-refractivity contribution in [1.82, 2.24) is 10.6 Å². The van der Waals surface area contributed by atoms with Crippen molar-refractivity contribution in [2.75, 3.05) is 0 Å². The second kappa shape index (κ2) is 6.59. The largest absolute Gasteiger partial charge is 0.283 e. The maximum atomic E-state index is 8.27. The smallest absolute Gasteiger partial charge is 0.182 e. The first-order valence-corrected chi connectivity index (χ1v) is 4.73. The number of benzene rings is 1. The van der Waals surface area contributed by atoms with Crippen LogP contribution in [0.3, 0.4) is 0 Å². The normalized spacial score (nSPS) is 10.1. The third kappa shape index (κ3) is 4.02. The van der Waals surface area contributed by atoms with Crippen LogP contribution in [0.2, 0.25) is 0 Å². The summed E-state index contributed by atoms with van der Waals surface area (Å²) in [6.45, 7) is 1.88. The molecular formula is C11H10N6. The van der Waals surface area contributed by atoms with Crippen molar-refractivity contribution in [2.24, 2.45) is 9.98 Å². The summed E-state index contributed by atoms with van der Waals surface area (Å²) in [5.41, 5.74) is 2.39. The lowest BCUT2D eigenvalue weighted by Gasteiger charge is -2.00. The fourth-order valence-electron chi connectivity index (χ4n) is 1.13. The molecule has 0 spiro atoms. The minimum Gasteiger partial charge on any atom is -0.283 e. The molecule has 0 saturated heterocycles. The van der Waals surface area contributed by atoms with Gasteiger partial charge >= 0.3 is 0 Å². The summed E-state index contributed by atoms with van der Waals surface area (Å²) in [5, 5.41) is 21.2. The number of hydrogen-bond donors (Lipinski definition) is 2. The molecule has 2 N–H and O–H groups in total. The molecule has 0 amide bonds. The van der Waals surface area contributed by atoms with Gasteiger partial charge in [0.1, 0.15) is 12.7 Å². The van der Waals surface area contributed by atoms with Crippen molar-refractivity contribution in [3.05, 3.63) is 23.8 Å². The lowest BCUT2D eigenvalue weighted by Crippen LogP contribution is -1.99. The first kappa shape index (κ1) is 12.2. The summed E-state index contributed by atoms with van der Waals surface area (Å²) >= 11 is 0. The van der Waals surface area contributed by atoms with E-state index < -0.39 is 0 Å². The summed E-state index contributed by atoms with van der Waals surface area (Å²) in [6.07, 6.45) is 6.11. The van der Waals surface area contributed by atoms with Crippen molar-refractivity contribution >= 4 is 24.1 Å². The molecule has 0 atom stereocenters. The zero-order chi connectivity index (χ0) is 12.5. The quantitative estimate of drug-likeness (QED) is 0.351. The Balaban J connectivity index is 2.80. The van der Waals surface area contributed by atoms with Crippen LogP contribution in [0.4, 0.5) is 11.4 Å². The zero-order valence-electron chi connectivity index (χ0n) is 9.18. The first-order valence-electron chi connectivity index (χ1n) is 4.73. The Labute approximate surface area is 98.9 Å². The van der Waals surface area contributed by atoms with Gasteiger partial charge in [-0.1, -0.05) is 0 Å². The van der Waals surface area contributed by atoms with Crippen molar-refractivity contribution in [3.8, 4) is 12.4 Å². The zero-order valence-corrected chi connectivity index (χ0v) is 9.18. The summed E-state index contributed by atoms with van der Waals surface area (Å²) < 4.78 is 0. The van der Waals surface area contributed by atoms with Gasteiger partial charge in [-0.25, -0.2) is 9.98 Å². The minimum atomic E-state index is 0.720. The van der Waals surface area contributed by atoms with Gasteiger partial charge in [0, 0.05) is 0 Å². The van der Waals surface area contributed by atoms with Gasteiger partial charge in [0.05, 0.1) is 11.4 Å². The van der Waals surface area contributed by atoms with Gasteiger partial charge in [-0.3, -0.25) is 10.6 Å². The van der Waals surface area contributed by atoms with E-state index in [4.69, 9.17) is 10.5 Å². The van der Waals surface area contributed by atoms with Crippen LogP contribution >= 0.6 is 0 Å². The Hall–Kier alpha value is -2.86. The highest BCUT2D eigenvalue weighted by Crippen LogP contribution is 2.23. The molecular weight excluding hydrogens is 216 g/mol. The lowest BCUT2D eigenvalue weighted by atomic mass is 10.2. The molecule has 84 valence electrons. The molecule has 17 heavy (non-hydrogen) atoms. The standard InChI is InChI=1S/C11H10N6/c1-9-4-10(16-7-14-5-12)2-3-11(9)17-8-15-6-13/h2-4,7-8H,1H3,(H,14,16)(H,15,17). The van der Waals surface area contributed by atoms with Gasteiger partial charge in [-0.15, -0.1) is 0 Å². The molecule has 0 unspecified atom stereocenters. The maximum absolute atomic E-state index is 8.27. The summed E-state index contributed by atoms with van der Waals surface area (Å²) in [7, 11) is 0. The van der Waals surface area contributed by atoms with Crippen molar-refractivity contribution in [2.45, 2.75) is 6.92 Å². The molecule has 0 saturated carbocycles. The molecule has 6 heteroatoms. The molecule has 1 aromatic carbocycles. The topological polar surface area (TPSA) is 96.4 Å². The molecule has 1 rings (SSSR count). The highest BCUT2D eigenvalue weighted by molar-refractivity contribution is 5.67. The van der Waals surface area contributed by atoms with Gasteiger partial charge in [0.25, 0.3) is 0 Å². The van der Waals surface area contributed by atoms with Crippen LogP contribution < -0.4 is 10.6 Å². The SMILES string of the molecule is Cc1cc(N=CNC#N)ccc1N=CNC#N. The molecule has 0 heterocycles. The van der Waals surface area contributed by atoms with Gasteiger partial charge in [-0.05, 0) is 30.7 Å². The van der Waals surface area contributed by atoms with Crippen LogP contribution in [-0.2, 0) is 0 Å². The monoisotopic (exact) mass is 226 g/mol. The van der Waals surface area contributed by atoms with Crippen LogP contribution in [0.5, 0.6) is 0 Å². The Kier molecular flexibility index (Phi) is 4.73. The molecule has 1 aromatic rings. The van der Waals surface area contributed by atoms with Crippen LogP contribution in [-0.4, -0.2) is 12.7 Å². The highest BCUT2D eigenvalue weighted by Gasteiger charge is 1.96. The van der Waals surface area contributed by atoms with Crippen molar-refractivity contribution < 1.29 is 0 Å².